The van der Waals surface area contributed by atoms with Gasteiger partial charge in [0.2, 0.25) is 5.90 Å². The van der Waals surface area contributed by atoms with E-state index in [0.29, 0.717) is 5.90 Å². The SMILES string of the molecule is COC1=Nc2cc(C)c(C)cc2C(c2ccccc2C)=N/C1=C(\C)N(C)C. The zero-order valence-corrected chi connectivity index (χ0v) is 17.2. The van der Waals surface area contributed by atoms with Crippen molar-refractivity contribution in [3.63, 3.8) is 0 Å². The summed E-state index contributed by atoms with van der Waals surface area (Å²) in [5.41, 5.74) is 9.33. The molecule has 0 N–H and O–H groups in total. The number of methoxy groups -OCH3 is 1. The first-order valence-corrected chi connectivity index (χ1v) is 9.11. The molecule has 140 valence electrons. The van der Waals surface area contributed by atoms with E-state index >= 15 is 0 Å². The van der Waals surface area contributed by atoms with Crippen LogP contribution in [0.2, 0.25) is 0 Å². The van der Waals surface area contributed by atoms with Crippen molar-refractivity contribution < 1.29 is 4.74 Å². The maximum Gasteiger partial charge on any atom is 0.242 e. The zero-order chi connectivity index (χ0) is 19.7. The first kappa shape index (κ1) is 18.9. The molecule has 0 bridgehead atoms. The summed E-state index contributed by atoms with van der Waals surface area (Å²) in [6, 6.07) is 12.6. The summed E-state index contributed by atoms with van der Waals surface area (Å²) in [6.07, 6.45) is 0. The Balaban J connectivity index is 2.42. The van der Waals surface area contributed by atoms with Crippen molar-refractivity contribution in [2.75, 3.05) is 21.2 Å². The largest absolute Gasteiger partial charge is 0.479 e. The number of allylic oxidation sites excluding steroid dienone is 1. The summed E-state index contributed by atoms with van der Waals surface area (Å²) in [7, 11) is 5.66. The minimum absolute atomic E-state index is 0.536. The molecule has 0 atom stereocenters. The van der Waals surface area contributed by atoms with E-state index in [9.17, 15) is 0 Å². The smallest absolute Gasteiger partial charge is 0.242 e. The second kappa shape index (κ2) is 7.39. The number of aryl methyl sites for hydroxylation is 3. The predicted molar refractivity (Wildman–Crippen MR) is 113 cm³/mol. The minimum atomic E-state index is 0.536. The van der Waals surface area contributed by atoms with Gasteiger partial charge in [0.25, 0.3) is 0 Å². The van der Waals surface area contributed by atoms with Gasteiger partial charge in [-0.3, -0.25) is 0 Å². The Morgan fingerprint density at radius 3 is 2.19 bits per heavy atom. The van der Waals surface area contributed by atoms with Crippen LogP contribution in [0.15, 0.2) is 57.8 Å². The van der Waals surface area contributed by atoms with Crippen molar-refractivity contribution in [1.82, 2.24) is 4.90 Å². The van der Waals surface area contributed by atoms with Crippen LogP contribution in [0.5, 0.6) is 0 Å². The van der Waals surface area contributed by atoms with Gasteiger partial charge in [-0.15, -0.1) is 0 Å². The lowest BCUT2D eigenvalue weighted by molar-refractivity contribution is 0.400. The van der Waals surface area contributed by atoms with Crippen molar-refractivity contribution in [3.8, 4) is 0 Å². The normalized spacial score (nSPS) is 15.4. The van der Waals surface area contributed by atoms with Gasteiger partial charge < -0.3 is 9.64 Å². The molecule has 0 saturated heterocycles. The summed E-state index contributed by atoms with van der Waals surface area (Å²) in [5.74, 6) is 0.536. The maximum absolute atomic E-state index is 5.65. The number of rotatable bonds is 2. The average molecular weight is 361 g/mol. The van der Waals surface area contributed by atoms with Gasteiger partial charge in [-0.05, 0) is 56.5 Å². The highest BCUT2D eigenvalue weighted by Crippen LogP contribution is 2.32. The fourth-order valence-corrected chi connectivity index (χ4v) is 3.10. The number of ether oxygens (including phenoxy) is 1. The molecule has 0 unspecified atom stereocenters. The average Bonchev–Trinajstić information content (AvgIpc) is 2.79. The van der Waals surface area contributed by atoms with E-state index in [0.717, 1.165) is 33.9 Å². The lowest BCUT2D eigenvalue weighted by Gasteiger charge is -2.17. The zero-order valence-electron chi connectivity index (χ0n) is 17.2. The van der Waals surface area contributed by atoms with Crippen LogP contribution in [0.1, 0.15) is 34.7 Å². The molecule has 0 fully saturated rings. The summed E-state index contributed by atoms with van der Waals surface area (Å²) in [5, 5.41) is 0. The van der Waals surface area contributed by atoms with E-state index in [-0.39, 0.29) is 0 Å². The molecule has 1 heterocycles. The molecule has 4 nitrogen and oxygen atoms in total. The Morgan fingerprint density at radius 1 is 0.889 bits per heavy atom. The van der Waals surface area contributed by atoms with Crippen molar-refractivity contribution in [1.29, 1.82) is 0 Å². The monoisotopic (exact) mass is 361 g/mol. The fraction of sp³-hybridized carbons (Fsp3) is 0.304. The third kappa shape index (κ3) is 3.52. The Morgan fingerprint density at radius 2 is 1.56 bits per heavy atom. The minimum Gasteiger partial charge on any atom is -0.479 e. The molecule has 0 saturated carbocycles. The number of benzene rings is 2. The van der Waals surface area contributed by atoms with Crippen molar-refractivity contribution >= 4 is 17.3 Å². The number of fused-ring (bicyclic) bond motifs is 1. The Hall–Kier alpha value is -2.88. The van der Waals surface area contributed by atoms with Gasteiger partial charge in [-0.25, -0.2) is 9.98 Å². The van der Waals surface area contributed by atoms with Gasteiger partial charge in [-0.2, -0.15) is 0 Å². The molecule has 0 radical (unpaired) electrons. The lowest BCUT2D eigenvalue weighted by atomic mass is 9.94. The standard InChI is InChI=1S/C23H27N3O/c1-14-10-8-9-11-18(14)22-19-12-15(2)16(3)13-20(19)24-23(27-7)21(25-22)17(4)26(5)6/h8-13H,1-7H3/b21-17+. The highest BCUT2D eigenvalue weighted by Gasteiger charge is 2.23. The number of hydrogen-bond donors (Lipinski definition) is 0. The molecule has 4 heteroatoms. The van der Waals surface area contributed by atoms with E-state index in [1.807, 2.05) is 25.9 Å². The summed E-state index contributed by atoms with van der Waals surface area (Å²) in [6.45, 7) is 8.38. The quantitative estimate of drug-likeness (QED) is 0.760. The van der Waals surface area contributed by atoms with E-state index < -0.39 is 0 Å². The molecule has 2 aromatic carbocycles. The highest BCUT2D eigenvalue weighted by atomic mass is 16.5. The molecule has 1 aliphatic rings. The van der Waals surface area contributed by atoms with E-state index in [2.05, 4.69) is 57.2 Å². The molecule has 0 amide bonds. The molecule has 0 aromatic heterocycles. The molecule has 2 aromatic rings. The first-order chi connectivity index (χ1) is 12.8. The van der Waals surface area contributed by atoms with E-state index in [1.165, 1.54) is 16.7 Å². The van der Waals surface area contributed by atoms with Crippen LogP contribution >= 0.6 is 0 Å². The van der Waals surface area contributed by atoms with Gasteiger partial charge in [0.15, 0.2) is 0 Å². The molecule has 3 rings (SSSR count). The molecule has 0 spiro atoms. The van der Waals surface area contributed by atoms with Crippen LogP contribution in [0, 0.1) is 20.8 Å². The van der Waals surface area contributed by atoms with Gasteiger partial charge in [-0.1, -0.05) is 24.3 Å². The summed E-state index contributed by atoms with van der Waals surface area (Å²) < 4.78 is 5.65. The fourth-order valence-electron chi connectivity index (χ4n) is 3.10. The van der Waals surface area contributed by atoms with Gasteiger partial charge in [0.05, 0.1) is 18.5 Å². The van der Waals surface area contributed by atoms with Crippen molar-refractivity contribution in [3.05, 3.63) is 75.6 Å². The van der Waals surface area contributed by atoms with Crippen LogP contribution in [0.4, 0.5) is 5.69 Å². The summed E-state index contributed by atoms with van der Waals surface area (Å²) >= 11 is 0. The topological polar surface area (TPSA) is 37.2 Å². The summed E-state index contributed by atoms with van der Waals surface area (Å²) in [4.78, 5) is 12.0. The first-order valence-electron chi connectivity index (χ1n) is 9.11. The molecular weight excluding hydrogens is 334 g/mol. The second-order valence-corrected chi connectivity index (χ2v) is 7.18. The Bertz CT molecular complexity index is 981. The van der Waals surface area contributed by atoms with Crippen LogP contribution in [0.3, 0.4) is 0 Å². The Labute approximate surface area is 161 Å². The van der Waals surface area contributed by atoms with Gasteiger partial charge in [0.1, 0.15) is 5.70 Å². The second-order valence-electron chi connectivity index (χ2n) is 7.18. The molecule has 27 heavy (non-hydrogen) atoms. The van der Waals surface area contributed by atoms with Crippen LogP contribution in [-0.2, 0) is 4.74 Å². The number of hydrogen-bond acceptors (Lipinski definition) is 4. The van der Waals surface area contributed by atoms with Crippen molar-refractivity contribution in [2.24, 2.45) is 9.98 Å². The molecular formula is C23H27N3O. The third-order valence-corrected chi connectivity index (χ3v) is 5.12. The molecule has 1 aliphatic heterocycles. The third-order valence-electron chi connectivity index (χ3n) is 5.12. The van der Waals surface area contributed by atoms with E-state index in [1.54, 1.807) is 7.11 Å². The Kier molecular flexibility index (Phi) is 5.17. The number of nitrogens with zero attached hydrogens (tertiary/aromatic N) is 3. The van der Waals surface area contributed by atoms with Gasteiger partial charge >= 0.3 is 0 Å². The molecule has 0 aliphatic carbocycles. The maximum atomic E-state index is 5.65. The lowest BCUT2D eigenvalue weighted by Crippen LogP contribution is -2.16. The van der Waals surface area contributed by atoms with Crippen LogP contribution in [-0.4, -0.2) is 37.7 Å². The predicted octanol–water partition coefficient (Wildman–Crippen LogP) is 4.93. The highest BCUT2D eigenvalue weighted by molar-refractivity contribution is 6.20. The van der Waals surface area contributed by atoms with Crippen LogP contribution in [0.25, 0.3) is 0 Å². The number of aliphatic imine (C=N–C) groups is 2. The van der Waals surface area contributed by atoms with Crippen LogP contribution < -0.4 is 0 Å². The van der Waals surface area contributed by atoms with Gasteiger partial charge in [0, 0.05) is 30.9 Å². The van der Waals surface area contributed by atoms with Crippen molar-refractivity contribution in [2.45, 2.75) is 27.7 Å². The van der Waals surface area contributed by atoms with E-state index in [4.69, 9.17) is 14.7 Å².